The second-order valence-electron chi connectivity index (χ2n) is 6.03. The van der Waals surface area contributed by atoms with Gasteiger partial charge in [-0.1, -0.05) is 48.2 Å². The molecule has 1 aromatic heterocycles. The van der Waals surface area contributed by atoms with E-state index < -0.39 is 15.9 Å². The standard InChI is InChI=1S/C19H20N4O4S3/c1-3-28-19-22-21-18(29-19)20-17(24)13-23(30(2,25)26)14-9-11-16(12-10-14)27-15-7-5-4-6-8-15/h4-12H,3,13H2,1-2H3,(H,20,21,24). The molecular formula is C19H20N4O4S3. The quantitative estimate of drug-likeness (QED) is 0.379. The number of carbonyl (C=O) groups is 1. The third kappa shape index (κ3) is 6.18. The van der Waals surface area contributed by atoms with Crippen molar-refractivity contribution in [2.24, 2.45) is 0 Å². The molecule has 11 heteroatoms. The fourth-order valence-electron chi connectivity index (χ4n) is 2.44. The first-order chi connectivity index (χ1) is 14.3. The van der Waals surface area contributed by atoms with Gasteiger partial charge in [0.2, 0.25) is 21.1 Å². The van der Waals surface area contributed by atoms with Crippen molar-refractivity contribution < 1.29 is 17.9 Å². The number of sulfonamides is 1. The fourth-order valence-corrected chi connectivity index (χ4v) is 4.96. The van der Waals surface area contributed by atoms with Crippen LogP contribution in [0.5, 0.6) is 11.5 Å². The van der Waals surface area contributed by atoms with E-state index in [9.17, 15) is 13.2 Å². The van der Waals surface area contributed by atoms with Crippen LogP contribution in [-0.4, -0.2) is 43.1 Å². The molecule has 0 radical (unpaired) electrons. The Bertz CT molecular complexity index is 1090. The number of nitrogens with one attached hydrogen (secondary N) is 1. The molecule has 0 unspecified atom stereocenters. The molecule has 0 saturated carbocycles. The topological polar surface area (TPSA) is 101 Å². The van der Waals surface area contributed by atoms with Crippen molar-refractivity contribution in [2.75, 3.05) is 28.2 Å². The van der Waals surface area contributed by atoms with Crippen LogP contribution in [0.3, 0.4) is 0 Å². The number of thioether (sulfide) groups is 1. The molecular weight excluding hydrogens is 444 g/mol. The van der Waals surface area contributed by atoms with Gasteiger partial charge in [0.15, 0.2) is 4.34 Å². The Hall–Kier alpha value is -2.63. The number of ether oxygens (including phenoxy) is 1. The highest BCUT2D eigenvalue weighted by atomic mass is 32.2. The van der Waals surface area contributed by atoms with Gasteiger partial charge in [-0.15, -0.1) is 10.2 Å². The summed E-state index contributed by atoms with van der Waals surface area (Å²) in [7, 11) is -3.69. The molecule has 1 heterocycles. The van der Waals surface area contributed by atoms with Crippen LogP contribution < -0.4 is 14.4 Å². The van der Waals surface area contributed by atoms with E-state index in [1.807, 2.05) is 37.3 Å². The number of hydrogen-bond donors (Lipinski definition) is 1. The highest BCUT2D eigenvalue weighted by Crippen LogP contribution is 2.27. The van der Waals surface area contributed by atoms with Crippen LogP contribution >= 0.6 is 23.1 Å². The van der Waals surface area contributed by atoms with E-state index in [1.54, 1.807) is 24.3 Å². The zero-order valence-corrected chi connectivity index (χ0v) is 18.8. The lowest BCUT2D eigenvalue weighted by Gasteiger charge is -2.21. The lowest BCUT2D eigenvalue weighted by Crippen LogP contribution is -2.37. The summed E-state index contributed by atoms with van der Waals surface area (Å²) in [6, 6.07) is 15.7. The number of rotatable bonds is 9. The van der Waals surface area contributed by atoms with E-state index in [2.05, 4.69) is 15.5 Å². The first kappa shape index (κ1) is 22.1. The highest BCUT2D eigenvalue weighted by molar-refractivity contribution is 8.01. The summed E-state index contributed by atoms with van der Waals surface area (Å²) in [6.07, 6.45) is 1.05. The van der Waals surface area contributed by atoms with Crippen LogP contribution in [0.1, 0.15) is 6.92 Å². The van der Waals surface area contributed by atoms with E-state index in [-0.39, 0.29) is 6.54 Å². The number of para-hydroxylation sites is 1. The van der Waals surface area contributed by atoms with Crippen molar-refractivity contribution in [1.82, 2.24) is 10.2 Å². The van der Waals surface area contributed by atoms with Gasteiger partial charge in [0, 0.05) is 0 Å². The van der Waals surface area contributed by atoms with Gasteiger partial charge >= 0.3 is 0 Å². The third-order valence-corrected chi connectivity index (χ3v) is 6.71. The second-order valence-corrected chi connectivity index (χ2v) is 10.4. The van der Waals surface area contributed by atoms with Crippen molar-refractivity contribution in [3.05, 3.63) is 54.6 Å². The minimum Gasteiger partial charge on any atom is -0.457 e. The molecule has 0 saturated heterocycles. The number of carbonyl (C=O) groups excluding carboxylic acids is 1. The van der Waals surface area contributed by atoms with Crippen molar-refractivity contribution >= 4 is 49.8 Å². The molecule has 0 aliphatic heterocycles. The molecule has 3 aromatic rings. The van der Waals surface area contributed by atoms with E-state index in [4.69, 9.17) is 4.74 Å². The molecule has 30 heavy (non-hydrogen) atoms. The van der Waals surface area contributed by atoms with Crippen LogP contribution in [0.4, 0.5) is 10.8 Å². The fraction of sp³-hybridized carbons (Fsp3) is 0.211. The zero-order valence-electron chi connectivity index (χ0n) is 16.3. The molecule has 3 rings (SSSR count). The summed E-state index contributed by atoms with van der Waals surface area (Å²) in [6.45, 7) is 1.61. The Morgan fingerprint density at radius 1 is 1.10 bits per heavy atom. The van der Waals surface area contributed by atoms with E-state index in [0.29, 0.717) is 22.3 Å². The number of anilines is 2. The van der Waals surface area contributed by atoms with Gasteiger partial charge in [-0.05, 0) is 42.2 Å². The van der Waals surface area contributed by atoms with Crippen LogP contribution in [0.15, 0.2) is 58.9 Å². The van der Waals surface area contributed by atoms with Gasteiger partial charge in [0.1, 0.15) is 18.0 Å². The first-order valence-corrected chi connectivity index (χ1v) is 12.6. The van der Waals surface area contributed by atoms with Gasteiger partial charge in [0.05, 0.1) is 11.9 Å². The molecule has 1 N–H and O–H groups in total. The summed E-state index contributed by atoms with van der Waals surface area (Å²) in [5.41, 5.74) is 0.354. The molecule has 0 spiro atoms. The summed E-state index contributed by atoms with van der Waals surface area (Å²) >= 11 is 2.76. The molecule has 0 bridgehead atoms. The van der Waals surface area contributed by atoms with Crippen LogP contribution in [0.25, 0.3) is 0 Å². The molecule has 158 valence electrons. The minimum atomic E-state index is -3.69. The van der Waals surface area contributed by atoms with Crippen LogP contribution in [0, 0.1) is 0 Å². The predicted molar refractivity (Wildman–Crippen MR) is 120 cm³/mol. The molecule has 0 fully saturated rings. The molecule has 0 aliphatic carbocycles. The van der Waals surface area contributed by atoms with Gasteiger partial charge in [-0.2, -0.15) is 0 Å². The predicted octanol–water partition coefficient (Wildman–Crippen LogP) is 3.85. The smallest absolute Gasteiger partial charge is 0.246 e. The van der Waals surface area contributed by atoms with Crippen LogP contribution in [-0.2, 0) is 14.8 Å². The molecule has 2 aromatic carbocycles. The van der Waals surface area contributed by atoms with E-state index >= 15 is 0 Å². The lowest BCUT2D eigenvalue weighted by atomic mass is 10.3. The zero-order chi connectivity index (χ0) is 21.6. The number of amides is 1. The first-order valence-electron chi connectivity index (χ1n) is 8.92. The highest BCUT2D eigenvalue weighted by Gasteiger charge is 2.21. The van der Waals surface area contributed by atoms with Gasteiger partial charge < -0.3 is 4.74 Å². The normalized spacial score (nSPS) is 11.1. The van der Waals surface area contributed by atoms with Crippen molar-refractivity contribution in [2.45, 2.75) is 11.3 Å². The Labute approximate surface area is 183 Å². The average molecular weight is 465 g/mol. The summed E-state index contributed by atoms with van der Waals surface area (Å²) in [5.74, 6) is 1.56. The maximum atomic E-state index is 12.4. The van der Waals surface area contributed by atoms with Crippen LogP contribution in [0.2, 0.25) is 0 Å². The van der Waals surface area contributed by atoms with Gasteiger partial charge in [-0.25, -0.2) is 8.42 Å². The Morgan fingerprint density at radius 3 is 2.40 bits per heavy atom. The Morgan fingerprint density at radius 2 is 1.77 bits per heavy atom. The number of aromatic nitrogens is 2. The molecule has 1 amide bonds. The van der Waals surface area contributed by atoms with Crippen molar-refractivity contribution in [1.29, 1.82) is 0 Å². The maximum absolute atomic E-state index is 12.4. The summed E-state index contributed by atoms with van der Waals surface area (Å²) < 4.78 is 32.0. The van der Waals surface area contributed by atoms with Gasteiger partial charge in [0.25, 0.3) is 0 Å². The van der Waals surface area contributed by atoms with E-state index in [1.165, 1.54) is 23.1 Å². The average Bonchev–Trinajstić information content (AvgIpc) is 3.14. The lowest BCUT2D eigenvalue weighted by molar-refractivity contribution is -0.114. The Balaban J connectivity index is 1.70. The number of nitrogens with zero attached hydrogens (tertiary/aromatic N) is 3. The second kappa shape index (κ2) is 9.92. The molecule has 8 nitrogen and oxygen atoms in total. The Kier molecular flexibility index (Phi) is 7.29. The monoisotopic (exact) mass is 464 g/mol. The molecule has 0 aliphatic rings. The SMILES string of the molecule is CCSc1nnc(NC(=O)CN(c2ccc(Oc3ccccc3)cc2)S(C)(=O)=O)s1. The number of benzene rings is 2. The maximum Gasteiger partial charge on any atom is 0.246 e. The molecule has 0 atom stereocenters. The van der Waals surface area contributed by atoms with E-state index in [0.717, 1.165) is 20.7 Å². The third-order valence-electron chi connectivity index (χ3n) is 3.71. The van der Waals surface area contributed by atoms with Gasteiger partial charge in [-0.3, -0.25) is 14.4 Å². The summed E-state index contributed by atoms with van der Waals surface area (Å²) in [5, 5.41) is 10.8. The van der Waals surface area contributed by atoms with Crippen molar-refractivity contribution in [3.8, 4) is 11.5 Å². The summed E-state index contributed by atoms with van der Waals surface area (Å²) in [4.78, 5) is 12.4. The largest absolute Gasteiger partial charge is 0.457 e. The van der Waals surface area contributed by atoms with Crippen molar-refractivity contribution in [3.63, 3.8) is 0 Å². The number of hydrogen-bond acceptors (Lipinski definition) is 8. The minimum absolute atomic E-state index is 0.330.